The Morgan fingerprint density at radius 1 is 1.25 bits per heavy atom. The van der Waals surface area contributed by atoms with E-state index in [1.54, 1.807) is 0 Å². The molecule has 1 unspecified atom stereocenters. The van der Waals surface area contributed by atoms with Crippen LogP contribution in [0, 0.1) is 0 Å². The number of aromatic carboxylic acids is 2. The molecule has 0 aliphatic rings. The molecule has 3 N–H and O–H groups in total. The van der Waals surface area contributed by atoms with Crippen molar-refractivity contribution in [2.45, 2.75) is 18.8 Å². The summed E-state index contributed by atoms with van der Waals surface area (Å²) in [6.45, 7) is 1.40. The second-order valence-electron chi connectivity index (χ2n) is 3.79. The highest BCUT2D eigenvalue weighted by atomic mass is 32.2. The van der Waals surface area contributed by atoms with Crippen LogP contribution < -0.4 is 4.74 Å². The summed E-state index contributed by atoms with van der Waals surface area (Å²) in [5.74, 6) is -3.18. The van der Waals surface area contributed by atoms with Crippen LogP contribution in [0.25, 0.3) is 0 Å². The lowest BCUT2D eigenvalue weighted by Gasteiger charge is -2.16. The molecule has 0 radical (unpaired) electrons. The minimum Gasteiger partial charge on any atom is -0.478 e. The topological polar surface area (TPSA) is 138 Å². The van der Waals surface area contributed by atoms with Gasteiger partial charge in [-0.1, -0.05) is 6.92 Å². The molecular formula is C11H12O8S. The van der Waals surface area contributed by atoms with E-state index in [4.69, 9.17) is 19.5 Å². The summed E-state index contributed by atoms with van der Waals surface area (Å²) < 4.78 is 35.9. The van der Waals surface area contributed by atoms with Gasteiger partial charge in [0.25, 0.3) is 0 Å². The van der Waals surface area contributed by atoms with Crippen LogP contribution in [0.15, 0.2) is 18.2 Å². The number of carboxylic acids is 2. The van der Waals surface area contributed by atoms with Gasteiger partial charge in [0.15, 0.2) is 0 Å². The van der Waals surface area contributed by atoms with Crippen molar-refractivity contribution in [2.24, 2.45) is 0 Å². The molecule has 0 fully saturated rings. The van der Waals surface area contributed by atoms with Gasteiger partial charge in [0.1, 0.15) is 11.3 Å². The maximum absolute atomic E-state index is 11.0. The quantitative estimate of drug-likeness (QED) is 0.664. The third kappa shape index (κ3) is 3.68. The Balaban J connectivity index is 3.29. The van der Waals surface area contributed by atoms with Crippen molar-refractivity contribution >= 4 is 22.1 Å². The summed E-state index contributed by atoms with van der Waals surface area (Å²) in [7, 11) is -4.55. The summed E-state index contributed by atoms with van der Waals surface area (Å²) in [5.41, 5.74) is -2.35. The molecule has 0 heterocycles. The summed E-state index contributed by atoms with van der Waals surface area (Å²) in [5, 5.41) is 17.8. The number of rotatable bonds is 6. The third-order valence-electron chi connectivity index (χ3n) is 2.38. The number of ether oxygens (including phenoxy) is 1. The van der Waals surface area contributed by atoms with E-state index < -0.39 is 38.8 Å². The summed E-state index contributed by atoms with van der Waals surface area (Å²) in [4.78, 5) is 21.8. The van der Waals surface area contributed by atoms with E-state index in [2.05, 4.69) is 0 Å². The molecule has 0 aliphatic carbocycles. The number of hydrogen-bond acceptors (Lipinski definition) is 5. The van der Waals surface area contributed by atoms with Gasteiger partial charge >= 0.3 is 22.1 Å². The first-order valence-corrected chi connectivity index (χ1v) is 6.90. The van der Waals surface area contributed by atoms with Crippen LogP contribution in [0.1, 0.15) is 34.1 Å². The first-order valence-electron chi connectivity index (χ1n) is 5.40. The number of benzene rings is 1. The molecule has 0 aromatic heterocycles. The normalized spacial score (nSPS) is 12.7. The molecule has 1 rings (SSSR count). The number of hydrogen-bond donors (Lipinski definition) is 3. The Morgan fingerprint density at radius 3 is 2.25 bits per heavy atom. The lowest BCUT2D eigenvalue weighted by atomic mass is 10.1. The van der Waals surface area contributed by atoms with Crippen LogP contribution >= 0.6 is 0 Å². The fourth-order valence-electron chi connectivity index (χ4n) is 1.43. The van der Waals surface area contributed by atoms with Crippen molar-refractivity contribution in [1.29, 1.82) is 0 Å². The van der Waals surface area contributed by atoms with E-state index in [9.17, 15) is 18.0 Å². The predicted octanol–water partition coefficient (Wildman–Crippen LogP) is 1.09. The first-order chi connectivity index (χ1) is 9.16. The molecule has 0 aliphatic heterocycles. The lowest BCUT2D eigenvalue weighted by molar-refractivity contribution is 0.0676. The van der Waals surface area contributed by atoms with Crippen molar-refractivity contribution in [3.05, 3.63) is 29.3 Å². The van der Waals surface area contributed by atoms with Gasteiger partial charge < -0.3 is 14.9 Å². The smallest absolute Gasteiger partial charge is 0.339 e. The van der Waals surface area contributed by atoms with Gasteiger partial charge in [-0.05, 0) is 24.6 Å². The first kappa shape index (κ1) is 15.9. The predicted molar refractivity (Wildman–Crippen MR) is 66.6 cm³/mol. The number of carbonyl (C=O) groups is 2. The van der Waals surface area contributed by atoms with Gasteiger partial charge in [-0.2, -0.15) is 8.42 Å². The molecule has 1 atom stereocenters. The van der Waals surface area contributed by atoms with Crippen molar-refractivity contribution in [1.82, 2.24) is 0 Å². The molecule has 0 bridgehead atoms. The van der Waals surface area contributed by atoms with Crippen molar-refractivity contribution in [3.63, 3.8) is 0 Å². The highest BCUT2D eigenvalue weighted by molar-refractivity contribution is 7.86. The van der Waals surface area contributed by atoms with Gasteiger partial charge in [-0.25, -0.2) is 9.59 Å². The van der Waals surface area contributed by atoms with Crippen LogP contribution in [-0.4, -0.2) is 40.6 Å². The Bertz CT molecular complexity index is 634. The molecule has 9 heteroatoms. The van der Waals surface area contributed by atoms with Crippen LogP contribution in [-0.2, 0) is 10.1 Å². The van der Waals surface area contributed by atoms with Crippen LogP contribution in [0.3, 0.4) is 0 Å². The van der Waals surface area contributed by atoms with Crippen LogP contribution in [0.5, 0.6) is 5.75 Å². The molecule has 0 amide bonds. The van der Waals surface area contributed by atoms with Crippen LogP contribution in [0.4, 0.5) is 0 Å². The lowest BCUT2D eigenvalue weighted by Crippen LogP contribution is -2.27. The standard InChI is InChI=1S/C11H12O8S/c1-2-9(20(16,17)18)19-8-5-6(10(12)13)3-4-7(8)11(14)15/h3-5,9H,2H2,1H3,(H,12,13)(H,14,15)(H,16,17,18). The average Bonchev–Trinajstić information content (AvgIpc) is 2.33. The second kappa shape index (κ2) is 5.88. The molecule has 8 nitrogen and oxygen atoms in total. The number of carboxylic acid groups (broad SMARTS) is 2. The largest absolute Gasteiger partial charge is 0.478 e. The minimum atomic E-state index is -4.55. The van der Waals surface area contributed by atoms with Crippen molar-refractivity contribution < 1.29 is 37.5 Å². The van der Waals surface area contributed by atoms with Gasteiger partial charge in [0.05, 0.1) is 5.56 Å². The maximum atomic E-state index is 11.0. The molecule has 0 saturated heterocycles. The van der Waals surface area contributed by atoms with Crippen molar-refractivity contribution in [2.75, 3.05) is 0 Å². The highest BCUT2D eigenvalue weighted by Crippen LogP contribution is 2.24. The van der Waals surface area contributed by atoms with Gasteiger partial charge in [0, 0.05) is 0 Å². The van der Waals surface area contributed by atoms with E-state index in [1.165, 1.54) is 6.92 Å². The van der Waals surface area contributed by atoms with Crippen LogP contribution in [0.2, 0.25) is 0 Å². The minimum absolute atomic E-state index is 0.144. The fourth-order valence-corrected chi connectivity index (χ4v) is 2.07. The summed E-state index contributed by atoms with van der Waals surface area (Å²) >= 11 is 0. The monoisotopic (exact) mass is 304 g/mol. The van der Waals surface area contributed by atoms with E-state index in [-0.39, 0.29) is 12.0 Å². The summed E-state index contributed by atoms with van der Waals surface area (Å²) in [6, 6.07) is 2.92. The molecule has 20 heavy (non-hydrogen) atoms. The van der Waals surface area contributed by atoms with Gasteiger partial charge in [0.2, 0.25) is 5.44 Å². The Morgan fingerprint density at radius 2 is 1.85 bits per heavy atom. The zero-order valence-corrected chi connectivity index (χ0v) is 11.1. The Kier molecular flexibility index (Phi) is 4.69. The molecule has 1 aromatic rings. The Labute approximate surface area is 114 Å². The zero-order chi connectivity index (χ0) is 15.5. The van der Waals surface area contributed by atoms with E-state index in [0.717, 1.165) is 18.2 Å². The average molecular weight is 304 g/mol. The van der Waals surface area contributed by atoms with E-state index in [1.807, 2.05) is 0 Å². The summed E-state index contributed by atoms with van der Waals surface area (Å²) in [6.07, 6.45) is -0.144. The van der Waals surface area contributed by atoms with Crippen molar-refractivity contribution in [3.8, 4) is 5.75 Å². The molecule has 110 valence electrons. The van der Waals surface area contributed by atoms with E-state index in [0.29, 0.717) is 0 Å². The zero-order valence-electron chi connectivity index (χ0n) is 10.3. The van der Waals surface area contributed by atoms with E-state index >= 15 is 0 Å². The highest BCUT2D eigenvalue weighted by Gasteiger charge is 2.25. The molecule has 0 saturated carbocycles. The second-order valence-corrected chi connectivity index (χ2v) is 5.35. The van der Waals surface area contributed by atoms with Gasteiger partial charge in [-0.3, -0.25) is 4.55 Å². The molecule has 0 spiro atoms. The fraction of sp³-hybridized carbons (Fsp3) is 0.273. The SMILES string of the molecule is CCC(Oc1cc(C(=O)O)ccc1C(=O)O)S(=O)(=O)O. The maximum Gasteiger partial charge on any atom is 0.339 e. The molecule has 1 aromatic carbocycles. The Hall–Kier alpha value is -2.13. The molecular weight excluding hydrogens is 292 g/mol. The van der Waals surface area contributed by atoms with Gasteiger partial charge in [-0.15, -0.1) is 0 Å². The third-order valence-corrected chi connectivity index (χ3v) is 3.48.